The van der Waals surface area contributed by atoms with Crippen molar-refractivity contribution in [3.05, 3.63) is 72.9 Å². The fraction of sp³-hybridized carbons (Fsp3) is 0.458. The van der Waals surface area contributed by atoms with Gasteiger partial charge < -0.3 is 15.5 Å². The number of rotatable bonds is 16. The lowest BCUT2D eigenvalue weighted by Gasteiger charge is -2.05. The van der Waals surface area contributed by atoms with Crippen molar-refractivity contribution in [3.63, 3.8) is 0 Å². The molecule has 0 saturated heterocycles. The number of allylic oxidation sites excluding steroid dienone is 11. The van der Waals surface area contributed by atoms with E-state index in [0.29, 0.717) is 6.42 Å². The Morgan fingerprint density at radius 1 is 0.857 bits per heavy atom. The van der Waals surface area contributed by atoms with E-state index in [2.05, 4.69) is 60.8 Å². The molecule has 1 amide bonds. The Balaban J connectivity index is 3.71. The van der Waals surface area contributed by atoms with Gasteiger partial charge in [-0.05, 0) is 38.5 Å². The number of aliphatic hydroxyl groups is 2. The molecule has 156 valence electrons. The van der Waals surface area contributed by atoms with Crippen LogP contribution in [-0.2, 0) is 4.79 Å². The van der Waals surface area contributed by atoms with Crippen LogP contribution in [0.1, 0.15) is 51.9 Å². The summed E-state index contributed by atoms with van der Waals surface area (Å²) < 4.78 is 0. The zero-order valence-electron chi connectivity index (χ0n) is 17.2. The highest BCUT2D eigenvalue weighted by molar-refractivity contribution is 5.75. The maximum atomic E-state index is 11.3. The minimum Gasteiger partial charge on any atom is -0.395 e. The fourth-order valence-electron chi connectivity index (χ4n) is 2.16. The molecule has 0 fully saturated rings. The summed E-state index contributed by atoms with van der Waals surface area (Å²) in [6, 6.07) is 0. The highest BCUT2D eigenvalue weighted by Gasteiger charge is 2.04. The number of carbonyl (C=O) groups excluding carboxylic acids is 1. The first-order valence-corrected chi connectivity index (χ1v) is 10.2. The van der Waals surface area contributed by atoms with Gasteiger partial charge in [-0.25, -0.2) is 0 Å². The maximum absolute atomic E-state index is 11.3. The third-order valence-corrected chi connectivity index (χ3v) is 3.67. The Kier molecular flexibility index (Phi) is 19.5. The predicted molar refractivity (Wildman–Crippen MR) is 119 cm³/mol. The minimum atomic E-state index is -0.637. The quantitative estimate of drug-likeness (QED) is 0.269. The van der Waals surface area contributed by atoms with Crippen molar-refractivity contribution in [2.24, 2.45) is 0 Å². The van der Waals surface area contributed by atoms with E-state index in [-0.39, 0.29) is 25.5 Å². The van der Waals surface area contributed by atoms with E-state index in [4.69, 9.17) is 5.11 Å². The molecular formula is C24H37NO3. The molecule has 0 rings (SSSR count). The molecule has 3 N–H and O–H groups in total. The number of amides is 1. The third-order valence-electron chi connectivity index (χ3n) is 3.67. The molecule has 0 spiro atoms. The molecule has 0 saturated carbocycles. The molecule has 1 unspecified atom stereocenters. The van der Waals surface area contributed by atoms with Gasteiger partial charge in [-0.3, -0.25) is 4.79 Å². The number of aliphatic hydroxyl groups excluding tert-OH is 2. The first kappa shape index (κ1) is 25.8. The average molecular weight is 388 g/mol. The predicted octanol–water partition coefficient (Wildman–Crippen LogP) is 4.54. The third kappa shape index (κ3) is 20.1. The van der Waals surface area contributed by atoms with E-state index < -0.39 is 6.10 Å². The van der Waals surface area contributed by atoms with Crippen molar-refractivity contribution in [1.29, 1.82) is 0 Å². The van der Waals surface area contributed by atoms with Gasteiger partial charge in [-0.15, -0.1) is 0 Å². The standard InChI is InChI=1S/C24H37NO3/c1-2-3-4-5-6-7-8-9-10-11-12-13-14-15-16-17-18-23(27)19-20-24(28)25-21-22-26/h3-4,6-7,9-10,12-13,15-18,23,26-27H,2,5,8,11,14,19-22H2,1H3,(H,25,28)/b4-3-,7-6-,10-9-,13-12-,16-15-,18-17+. The fourth-order valence-corrected chi connectivity index (χ4v) is 2.16. The molecular weight excluding hydrogens is 350 g/mol. The molecule has 0 aromatic heterocycles. The van der Waals surface area contributed by atoms with Gasteiger partial charge in [0.1, 0.15) is 0 Å². The first-order valence-electron chi connectivity index (χ1n) is 10.2. The van der Waals surface area contributed by atoms with E-state index in [1.54, 1.807) is 12.2 Å². The van der Waals surface area contributed by atoms with Crippen molar-refractivity contribution >= 4 is 5.91 Å². The Morgan fingerprint density at radius 2 is 1.39 bits per heavy atom. The van der Waals surface area contributed by atoms with Crippen LogP contribution in [0.15, 0.2) is 72.9 Å². The molecule has 0 aromatic rings. The summed E-state index contributed by atoms with van der Waals surface area (Å²) in [7, 11) is 0. The largest absolute Gasteiger partial charge is 0.395 e. The molecule has 0 aliphatic heterocycles. The summed E-state index contributed by atoms with van der Waals surface area (Å²) in [4.78, 5) is 11.3. The molecule has 0 bridgehead atoms. The lowest BCUT2D eigenvalue weighted by Crippen LogP contribution is -2.26. The van der Waals surface area contributed by atoms with Gasteiger partial charge in [0.25, 0.3) is 0 Å². The van der Waals surface area contributed by atoms with E-state index in [9.17, 15) is 9.90 Å². The summed E-state index contributed by atoms with van der Waals surface area (Å²) in [5.41, 5.74) is 0. The molecule has 0 heterocycles. The van der Waals surface area contributed by atoms with Gasteiger partial charge in [0.15, 0.2) is 0 Å². The molecule has 1 atom stereocenters. The molecule has 4 heteroatoms. The second-order valence-electron chi connectivity index (χ2n) is 6.23. The van der Waals surface area contributed by atoms with E-state index in [0.717, 1.165) is 32.1 Å². The van der Waals surface area contributed by atoms with Crippen LogP contribution in [-0.4, -0.2) is 35.4 Å². The topological polar surface area (TPSA) is 69.6 Å². The number of hydrogen-bond donors (Lipinski definition) is 3. The molecule has 28 heavy (non-hydrogen) atoms. The molecule has 0 aromatic carbocycles. The molecule has 0 radical (unpaired) electrons. The monoisotopic (exact) mass is 387 g/mol. The molecule has 4 nitrogen and oxygen atoms in total. The van der Waals surface area contributed by atoms with Crippen LogP contribution < -0.4 is 5.32 Å². The van der Waals surface area contributed by atoms with Crippen molar-refractivity contribution in [1.82, 2.24) is 5.32 Å². The summed E-state index contributed by atoms with van der Waals surface area (Å²) in [6.45, 7) is 2.32. The van der Waals surface area contributed by atoms with Gasteiger partial charge in [-0.2, -0.15) is 0 Å². The summed E-state index contributed by atoms with van der Waals surface area (Å²) in [6.07, 6.45) is 29.6. The second-order valence-corrected chi connectivity index (χ2v) is 6.23. The van der Waals surface area contributed by atoms with Crippen LogP contribution in [0.4, 0.5) is 0 Å². The zero-order chi connectivity index (χ0) is 20.7. The van der Waals surface area contributed by atoms with Crippen molar-refractivity contribution in [2.75, 3.05) is 13.2 Å². The van der Waals surface area contributed by atoms with Crippen LogP contribution in [0.5, 0.6) is 0 Å². The Labute approximate surface area is 170 Å². The van der Waals surface area contributed by atoms with Crippen LogP contribution in [0.2, 0.25) is 0 Å². The SMILES string of the molecule is CC/C=C\C/C=C\C/C=C\C/C=C\C/C=C\C=C\C(O)CCC(=O)NCCO. The van der Waals surface area contributed by atoms with Gasteiger partial charge in [0.05, 0.1) is 12.7 Å². The molecule has 0 aliphatic carbocycles. The maximum Gasteiger partial charge on any atom is 0.220 e. The van der Waals surface area contributed by atoms with E-state index >= 15 is 0 Å². The lowest BCUT2D eigenvalue weighted by molar-refractivity contribution is -0.121. The number of hydrogen-bond acceptors (Lipinski definition) is 3. The number of nitrogens with one attached hydrogen (secondary N) is 1. The van der Waals surface area contributed by atoms with Gasteiger partial charge >= 0.3 is 0 Å². The Hall–Kier alpha value is -2.17. The van der Waals surface area contributed by atoms with Gasteiger partial charge in [0.2, 0.25) is 5.91 Å². The van der Waals surface area contributed by atoms with Crippen LogP contribution in [0, 0.1) is 0 Å². The van der Waals surface area contributed by atoms with Crippen LogP contribution >= 0.6 is 0 Å². The Morgan fingerprint density at radius 3 is 1.93 bits per heavy atom. The second kappa shape index (κ2) is 21.1. The smallest absolute Gasteiger partial charge is 0.220 e. The molecule has 0 aliphatic rings. The van der Waals surface area contributed by atoms with Gasteiger partial charge in [-0.1, -0.05) is 79.8 Å². The van der Waals surface area contributed by atoms with Gasteiger partial charge in [0, 0.05) is 13.0 Å². The zero-order valence-corrected chi connectivity index (χ0v) is 17.2. The normalized spacial score (nSPS) is 14.0. The van der Waals surface area contributed by atoms with Crippen LogP contribution in [0.25, 0.3) is 0 Å². The summed E-state index contributed by atoms with van der Waals surface area (Å²) in [5, 5.41) is 20.9. The van der Waals surface area contributed by atoms with Crippen molar-refractivity contribution in [3.8, 4) is 0 Å². The van der Waals surface area contributed by atoms with Crippen molar-refractivity contribution in [2.45, 2.75) is 58.0 Å². The average Bonchev–Trinajstić information content (AvgIpc) is 2.70. The first-order chi connectivity index (χ1) is 13.7. The van der Waals surface area contributed by atoms with Crippen LogP contribution in [0.3, 0.4) is 0 Å². The Bertz CT molecular complexity index is 542. The number of carbonyl (C=O) groups is 1. The highest BCUT2D eigenvalue weighted by atomic mass is 16.3. The summed E-state index contributed by atoms with van der Waals surface area (Å²) >= 11 is 0. The van der Waals surface area contributed by atoms with E-state index in [1.807, 2.05) is 12.2 Å². The van der Waals surface area contributed by atoms with E-state index in [1.165, 1.54) is 0 Å². The minimum absolute atomic E-state index is 0.0712. The van der Waals surface area contributed by atoms with Crippen molar-refractivity contribution < 1.29 is 15.0 Å². The summed E-state index contributed by atoms with van der Waals surface area (Å²) in [5.74, 6) is -0.156. The lowest BCUT2D eigenvalue weighted by atomic mass is 10.1. The highest BCUT2D eigenvalue weighted by Crippen LogP contribution is 2.00.